The highest BCUT2D eigenvalue weighted by molar-refractivity contribution is 6.90. The van der Waals surface area contributed by atoms with E-state index in [0.29, 0.717) is 0 Å². The lowest BCUT2D eigenvalue weighted by Crippen LogP contribution is -2.45. The molecule has 2 rings (SSSR count). The van der Waals surface area contributed by atoms with E-state index in [1.165, 1.54) is 15.6 Å². The normalized spacial score (nSPS) is 13.3. The van der Waals surface area contributed by atoms with Crippen molar-refractivity contribution < 1.29 is 0 Å². The van der Waals surface area contributed by atoms with Crippen LogP contribution in [-0.4, -0.2) is 22.4 Å². The summed E-state index contributed by atoms with van der Waals surface area (Å²) in [6.45, 7) is 7.15. The number of rotatable bonds is 4. The van der Waals surface area contributed by atoms with Crippen molar-refractivity contribution >= 4 is 44.0 Å². The molecule has 0 bridgehead atoms. The third-order valence-corrected chi connectivity index (χ3v) is 9.21. The molecule has 0 spiro atoms. The summed E-state index contributed by atoms with van der Waals surface area (Å²) in [5, 5.41) is 4.40. The van der Waals surface area contributed by atoms with E-state index in [9.17, 15) is 0 Å². The number of halogens is 1. The maximum absolute atomic E-state index is 6.24. The van der Waals surface area contributed by atoms with Crippen LogP contribution < -0.4 is 15.6 Å². The summed E-state index contributed by atoms with van der Waals surface area (Å²) in [5.41, 5.74) is 0.760. The van der Waals surface area contributed by atoms with Crippen LogP contribution in [0.25, 0.3) is 0 Å². The van der Waals surface area contributed by atoms with E-state index < -0.39 is 16.9 Å². The fraction of sp³-hybridized carbons (Fsp3) is 0.250. The number of alkyl halides is 1. The van der Waals surface area contributed by atoms with E-state index in [0.717, 1.165) is 5.50 Å². The Kier molecular flexibility index (Phi) is 4.66. The highest BCUT2D eigenvalue weighted by atomic mass is 35.5. The van der Waals surface area contributed by atoms with Crippen LogP contribution in [0.15, 0.2) is 54.6 Å². The third-order valence-electron chi connectivity index (χ3n) is 3.54. The topological polar surface area (TPSA) is 0 Å². The van der Waals surface area contributed by atoms with E-state index in [4.69, 9.17) is 11.6 Å². The third kappa shape index (κ3) is 3.59. The van der Waals surface area contributed by atoms with Gasteiger partial charge in [0.1, 0.15) is 8.80 Å². The second kappa shape index (κ2) is 6.08. The highest BCUT2D eigenvalue weighted by Crippen LogP contribution is 2.02. The maximum Gasteiger partial charge on any atom is 0.117 e. The van der Waals surface area contributed by atoms with Gasteiger partial charge in [0.25, 0.3) is 0 Å². The van der Waals surface area contributed by atoms with Crippen molar-refractivity contribution in [3.05, 3.63) is 54.6 Å². The Balaban J connectivity index is 2.30. The average molecular weight is 305 g/mol. The number of hydrogen-bond donors (Lipinski definition) is 0. The monoisotopic (exact) mass is 304 g/mol. The van der Waals surface area contributed by atoms with Gasteiger partial charge in [0, 0.05) is 5.50 Å². The maximum atomic E-state index is 6.24. The molecule has 0 nitrogen and oxygen atoms in total. The van der Waals surface area contributed by atoms with Crippen LogP contribution in [0.5, 0.6) is 0 Å². The lowest BCUT2D eigenvalue weighted by molar-refractivity contribution is 1.69. The van der Waals surface area contributed by atoms with Crippen molar-refractivity contribution in [2.24, 2.45) is 0 Å². The molecule has 1 unspecified atom stereocenters. The van der Waals surface area contributed by atoms with Crippen molar-refractivity contribution in [3.63, 3.8) is 0 Å². The Labute approximate surface area is 124 Å². The van der Waals surface area contributed by atoms with Gasteiger partial charge in [0.05, 0.1) is 8.07 Å². The summed E-state index contributed by atoms with van der Waals surface area (Å²) in [6, 6.07) is 20.0. The molecule has 1 atom stereocenters. The summed E-state index contributed by atoms with van der Waals surface area (Å²) in [7, 11) is -2.42. The van der Waals surface area contributed by atoms with Crippen molar-refractivity contribution in [2.45, 2.75) is 19.6 Å². The second-order valence-corrected chi connectivity index (χ2v) is 14.7. The highest BCUT2D eigenvalue weighted by Gasteiger charge is 2.18. The first-order chi connectivity index (χ1) is 9.02. The standard InChI is InChI=1S/C16H21ClSi2/c1-19(2,3)16-11-9-15(10-12-16)18(13-17)14-7-5-4-6-8-14/h4-12,18H,13H2,1-3H3. The van der Waals surface area contributed by atoms with Crippen molar-refractivity contribution in [1.82, 2.24) is 0 Å². The fourth-order valence-electron chi connectivity index (χ4n) is 2.27. The molecule has 0 aliphatic rings. The van der Waals surface area contributed by atoms with E-state index in [1.54, 1.807) is 0 Å². The minimum atomic E-state index is -1.22. The minimum absolute atomic E-state index is 0.760. The molecule has 0 aromatic heterocycles. The lowest BCUT2D eigenvalue weighted by Gasteiger charge is -2.19. The molecule has 2 aromatic carbocycles. The van der Waals surface area contributed by atoms with E-state index in [1.807, 2.05) is 0 Å². The van der Waals surface area contributed by atoms with Gasteiger partial charge in [0.15, 0.2) is 0 Å². The van der Waals surface area contributed by atoms with Crippen LogP contribution in [0.4, 0.5) is 0 Å². The van der Waals surface area contributed by atoms with Crippen molar-refractivity contribution in [2.75, 3.05) is 5.50 Å². The summed E-state index contributed by atoms with van der Waals surface area (Å²) in [6.07, 6.45) is 0. The zero-order chi connectivity index (χ0) is 13.9. The predicted molar refractivity (Wildman–Crippen MR) is 93.0 cm³/mol. The number of hydrogen-bond acceptors (Lipinski definition) is 0. The lowest BCUT2D eigenvalue weighted by atomic mass is 10.4. The van der Waals surface area contributed by atoms with Gasteiger partial charge in [-0.3, -0.25) is 0 Å². The van der Waals surface area contributed by atoms with Crippen molar-refractivity contribution in [3.8, 4) is 0 Å². The molecule has 0 saturated carbocycles. The van der Waals surface area contributed by atoms with E-state index >= 15 is 0 Å². The minimum Gasteiger partial charge on any atom is -0.130 e. The molecular weight excluding hydrogens is 284 g/mol. The first-order valence-corrected chi connectivity index (χ1v) is 12.7. The first kappa shape index (κ1) is 14.6. The predicted octanol–water partition coefficient (Wildman–Crippen LogP) is 2.35. The van der Waals surface area contributed by atoms with Crippen LogP contribution >= 0.6 is 11.6 Å². The van der Waals surface area contributed by atoms with E-state index in [2.05, 4.69) is 74.2 Å². The summed E-state index contributed by atoms with van der Waals surface area (Å²) in [4.78, 5) is 0. The molecule has 19 heavy (non-hydrogen) atoms. The Morgan fingerprint density at radius 1 is 0.842 bits per heavy atom. The molecule has 0 aliphatic carbocycles. The van der Waals surface area contributed by atoms with Crippen molar-refractivity contribution in [1.29, 1.82) is 0 Å². The zero-order valence-electron chi connectivity index (χ0n) is 11.9. The average Bonchev–Trinajstić information content (AvgIpc) is 2.40. The molecule has 0 saturated heterocycles. The smallest absolute Gasteiger partial charge is 0.117 e. The van der Waals surface area contributed by atoms with Gasteiger partial charge >= 0.3 is 0 Å². The summed E-state index contributed by atoms with van der Waals surface area (Å²) >= 11 is 6.24. The molecule has 0 aliphatic heterocycles. The molecule has 100 valence electrons. The van der Waals surface area contributed by atoms with Crippen LogP contribution in [0.2, 0.25) is 19.6 Å². The molecule has 2 aromatic rings. The molecular formula is C16H21ClSi2. The second-order valence-electron chi connectivity index (χ2n) is 5.99. The molecule has 0 heterocycles. The van der Waals surface area contributed by atoms with Gasteiger partial charge in [0.2, 0.25) is 0 Å². The zero-order valence-corrected chi connectivity index (χ0v) is 14.8. The summed E-state index contributed by atoms with van der Waals surface area (Å²) in [5.74, 6) is 0. The molecule has 0 amide bonds. The molecule has 0 N–H and O–H groups in total. The Bertz CT molecular complexity index is 515. The number of benzene rings is 2. The van der Waals surface area contributed by atoms with Crippen LogP contribution in [0, 0.1) is 0 Å². The molecule has 3 heteroatoms. The van der Waals surface area contributed by atoms with Gasteiger partial charge in [-0.2, -0.15) is 0 Å². The SMILES string of the molecule is C[Si](C)(C)c1ccc([SiH](CCl)c2ccccc2)cc1. The molecule has 0 fully saturated rings. The molecule has 0 radical (unpaired) electrons. The van der Waals surface area contributed by atoms with E-state index in [-0.39, 0.29) is 0 Å². The van der Waals surface area contributed by atoms with Gasteiger partial charge < -0.3 is 0 Å². The van der Waals surface area contributed by atoms with Gasteiger partial charge in [-0.05, 0) is 0 Å². The quantitative estimate of drug-likeness (QED) is 0.601. The Hall–Kier alpha value is -0.836. The van der Waals surface area contributed by atoms with Gasteiger partial charge in [-0.15, -0.1) is 11.6 Å². The fourth-order valence-corrected chi connectivity index (χ4v) is 6.59. The Morgan fingerprint density at radius 3 is 1.84 bits per heavy atom. The van der Waals surface area contributed by atoms with Gasteiger partial charge in [-0.1, -0.05) is 89.8 Å². The Morgan fingerprint density at radius 2 is 1.37 bits per heavy atom. The first-order valence-electron chi connectivity index (χ1n) is 6.73. The summed E-state index contributed by atoms with van der Waals surface area (Å²) < 4.78 is 0. The van der Waals surface area contributed by atoms with Crippen LogP contribution in [-0.2, 0) is 0 Å². The van der Waals surface area contributed by atoms with Crippen LogP contribution in [0.1, 0.15) is 0 Å². The van der Waals surface area contributed by atoms with Crippen LogP contribution in [0.3, 0.4) is 0 Å². The largest absolute Gasteiger partial charge is 0.130 e. The van der Waals surface area contributed by atoms with Gasteiger partial charge in [-0.25, -0.2) is 0 Å².